The van der Waals surface area contributed by atoms with Crippen molar-refractivity contribution in [3.63, 3.8) is 0 Å². The molecule has 3 aromatic rings. The van der Waals surface area contributed by atoms with Gasteiger partial charge in [0.25, 0.3) is 5.91 Å². The lowest BCUT2D eigenvalue weighted by atomic mass is 10.1. The van der Waals surface area contributed by atoms with E-state index in [9.17, 15) is 17.1 Å². The fourth-order valence-corrected chi connectivity index (χ4v) is 4.36. The molecule has 10 nitrogen and oxygen atoms in total. The summed E-state index contributed by atoms with van der Waals surface area (Å²) in [6, 6.07) is 15.9. The number of amides is 1. The second kappa shape index (κ2) is 12.0. The zero-order chi connectivity index (χ0) is 26.1. The van der Waals surface area contributed by atoms with E-state index >= 15 is 0 Å². The maximum absolute atomic E-state index is 13.1. The molecule has 0 saturated carbocycles. The predicted octanol–water partition coefficient (Wildman–Crippen LogP) is -0.300. The van der Waals surface area contributed by atoms with Crippen molar-refractivity contribution in [1.82, 2.24) is 0 Å². The average molecular weight is 671 g/mol. The molecule has 4 rings (SSSR count). The van der Waals surface area contributed by atoms with Gasteiger partial charge in [0.1, 0.15) is 11.4 Å². The van der Waals surface area contributed by atoms with Gasteiger partial charge < -0.3 is 33.8 Å². The van der Waals surface area contributed by atoms with Crippen molar-refractivity contribution in [1.29, 1.82) is 0 Å². The van der Waals surface area contributed by atoms with Gasteiger partial charge in [0, 0.05) is 22.9 Å². The highest BCUT2D eigenvalue weighted by Crippen LogP contribution is 2.28. The van der Waals surface area contributed by atoms with E-state index in [4.69, 9.17) is 11.5 Å². The van der Waals surface area contributed by atoms with E-state index in [0.717, 1.165) is 5.56 Å². The number of benzene rings is 2. The third kappa shape index (κ3) is 7.14. The molecule has 0 radical (unpaired) electrons. The Kier molecular flexibility index (Phi) is 9.75. The number of nitrogens with zero attached hydrogens (tertiary/aromatic N) is 4. The molecular formula is C24H26Br2FN7O3S. The standard InChI is InChI=1S/C24H24FN7O3S.2BrH/c1-24(2)30-22(26)29-23(27)32(24)19-7-3-5-17(13-19)21(33)28-18-6-4-12-31(15-18)14-16-8-10-20(11-9-16)36(25,34)35;;/h3-13,15H,14H2,1-2H3,(H4-,26,27,28,29,30,33);2*1H. The lowest BCUT2D eigenvalue weighted by molar-refractivity contribution is -0.687. The Morgan fingerprint density at radius 1 is 1.11 bits per heavy atom. The Morgan fingerprint density at radius 2 is 1.79 bits per heavy atom. The summed E-state index contributed by atoms with van der Waals surface area (Å²) < 4.78 is 36.9. The van der Waals surface area contributed by atoms with E-state index in [1.165, 1.54) is 24.3 Å². The number of aliphatic imine (C=N–C) groups is 2. The van der Waals surface area contributed by atoms with Gasteiger partial charge in [0.05, 0.1) is 4.90 Å². The lowest BCUT2D eigenvalue weighted by Gasteiger charge is -2.38. The fraction of sp³-hybridized carbons (Fsp3) is 0.167. The maximum Gasteiger partial charge on any atom is 0.332 e. The number of carbonyl (C=O) groups excluding carboxylic acids is 1. The largest absolute Gasteiger partial charge is 1.00 e. The van der Waals surface area contributed by atoms with Gasteiger partial charge in [-0.3, -0.25) is 9.69 Å². The molecule has 2 heterocycles. The summed E-state index contributed by atoms with van der Waals surface area (Å²) in [4.78, 5) is 22.7. The second-order valence-electron chi connectivity index (χ2n) is 8.62. The quantitative estimate of drug-likeness (QED) is 0.243. The van der Waals surface area contributed by atoms with Crippen LogP contribution in [0.2, 0.25) is 0 Å². The number of pyridine rings is 1. The van der Waals surface area contributed by atoms with Crippen LogP contribution < -0.4 is 43.2 Å². The Morgan fingerprint density at radius 3 is 2.42 bits per heavy atom. The second-order valence-corrected chi connectivity index (χ2v) is 9.97. The van der Waals surface area contributed by atoms with Crippen molar-refractivity contribution >= 4 is 56.4 Å². The third-order valence-corrected chi connectivity index (χ3v) is 6.28. The SMILES string of the molecule is Br.CC1(C)N=C(N)N=C(N)N1c1cccc(C(=O)Nc2ccc[n+](Cc3ccc(S(=O)(=O)F)cc3)c2)c1.[Br-]. The van der Waals surface area contributed by atoms with E-state index < -0.39 is 20.8 Å². The Bertz CT molecular complexity index is 1500. The first-order chi connectivity index (χ1) is 16.9. The molecule has 38 heavy (non-hydrogen) atoms. The maximum atomic E-state index is 13.1. The van der Waals surface area contributed by atoms with Gasteiger partial charge in [-0.2, -0.15) is 18.0 Å². The molecule has 5 N–H and O–H groups in total. The van der Waals surface area contributed by atoms with E-state index in [1.807, 2.05) is 13.8 Å². The molecule has 0 unspecified atom stereocenters. The van der Waals surface area contributed by atoms with Crippen molar-refractivity contribution in [3.8, 4) is 0 Å². The van der Waals surface area contributed by atoms with Crippen LogP contribution in [0.3, 0.4) is 0 Å². The molecule has 0 spiro atoms. The minimum absolute atomic E-state index is 0. The molecule has 0 atom stereocenters. The first-order valence-electron chi connectivity index (χ1n) is 10.9. The van der Waals surface area contributed by atoms with Gasteiger partial charge in [-0.15, -0.1) is 20.9 Å². The molecule has 2 aromatic carbocycles. The normalized spacial score (nSPS) is 14.3. The highest BCUT2D eigenvalue weighted by molar-refractivity contribution is 8.93. The average Bonchev–Trinajstić information content (AvgIpc) is 2.78. The summed E-state index contributed by atoms with van der Waals surface area (Å²) in [5.74, 6) is -0.0739. The number of hydrogen-bond donors (Lipinski definition) is 3. The zero-order valence-electron chi connectivity index (χ0n) is 20.4. The van der Waals surface area contributed by atoms with E-state index in [0.29, 0.717) is 23.5 Å². The summed E-state index contributed by atoms with van der Waals surface area (Å²) in [7, 11) is -4.74. The summed E-state index contributed by atoms with van der Waals surface area (Å²) in [6.07, 6.45) is 3.53. The van der Waals surface area contributed by atoms with E-state index in [-0.39, 0.29) is 51.8 Å². The lowest BCUT2D eigenvalue weighted by Crippen LogP contribution is -3.00. The number of nitrogens with one attached hydrogen (secondary N) is 1. The number of nitrogens with two attached hydrogens (primary N) is 2. The molecule has 1 amide bonds. The number of aromatic nitrogens is 1. The van der Waals surface area contributed by atoms with Crippen molar-refractivity contribution in [2.45, 2.75) is 31.0 Å². The van der Waals surface area contributed by atoms with Crippen LogP contribution in [0, 0.1) is 0 Å². The molecule has 202 valence electrons. The minimum atomic E-state index is -4.74. The summed E-state index contributed by atoms with van der Waals surface area (Å²) in [6.45, 7) is 4.06. The molecule has 0 fully saturated rings. The van der Waals surface area contributed by atoms with Gasteiger partial charge >= 0.3 is 10.2 Å². The van der Waals surface area contributed by atoms with Crippen molar-refractivity contribution in [2.24, 2.45) is 21.5 Å². The van der Waals surface area contributed by atoms with Crippen LogP contribution in [0.25, 0.3) is 0 Å². The molecule has 1 aliphatic rings. The van der Waals surface area contributed by atoms with E-state index in [1.54, 1.807) is 58.3 Å². The topological polar surface area (TPSA) is 147 Å². The molecule has 0 saturated heterocycles. The number of anilines is 2. The number of rotatable bonds is 6. The van der Waals surface area contributed by atoms with Gasteiger partial charge in [0.15, 0.2) is 18.9 Å². The van der Waals surface area contributed by atoms with Gasteiger partial charge in [-0.25, -0.2) is 4.99 Å². The smallest absolute Gasteiger partial charge is 0.332 e. The summed E-state index contributed by atoms with van der Waals surface area (Å²) >= 11 is 0. The van der Waals surface area contributed by atoms with Gasteiger partial charge in [-0.1, -0.05) is 18.2 Å². The van der Waals surface area contributed by atoms with Gasteiger partial charge in [0.2, 0.25) is 11.9 Å². The highest BCUT2D eigenvalue weighted by Gasteiger charge is 2.33. The Hall–Kier alpha value is -3.36. The number of guanidine groups is 2. The number of halogens is 3. The summed E-state index contributed by atoms with van der Waals surface area (Å²) in [5.41, 5.74) is 13.4. The molecule has 1 aliphatic heterocycles. The molecule has 0 bridgehead atoms. The molecular weight excluding hydrogens is 645 g/mol. The van der Waals surface area contributed by atoms with Crippen molar-refractivity contribution in [2.75, 3.05) is 10.2 Å². The number of carbonyl (C=O) groups is 1. The van der Waals surface area contributed by atoms with Crippen LogP contribution in [-0.4, -0.2) is 31.9 Å². The molecule has 1 aromatic heterocycles. The highest BCUT2D eigenvalue weighted by atomic mass is 79.9. The predicted molar refractivity (Wildman–Crippen MR) is 145 cm³/mol. The van der Waals surface area contributed by atoms with Crippen LogP contribution in [-0.2, 0) is 16.8 Å². The Labute approximate surface area is 241 Å². The van der Waals surface area contributed by atoms with E-state index in [2.05, 4.69) is 15.3 Å². The van der Waals surface area contributed by atoms with Crippen LogP contribution >= 0.6 is 17.0 Å². The third-order valence-electron chi connectivity index (χ3n) is 5.45. The monoisotopic (exact) mass is 669 g/mol. The summed E-state index contributed by atoms with van der Waals surface area (Å²) in [5, 5.41) is 2.87. The van der Waals surface area contributed by atoms with Crippen LogP contribution in [0.5, 0.6) is 0 Å². The Balaban J connectivity index is 0.00000253. The van der Waals surface area contributed by atoms with Crippen LogP contribution in [0.4, 0.5) is 15.3 Å². The van der Waals surface area contributed by atoms with Gasteiger partial charge in [-0.05, 0) is 50.2 Å². The number of hydrogen-bond acceptors (Lipinski definition) is 8. The van der Waals surface area contributed by atoms with Crippen LogP contribution in [0.1, 0.15) is 29.8 Å². The minimum Gasteiger partial charge on any atom is -1.00 e. The first kappa shape index (κ1) is 30.9. The zero-order valence-corrected chi connectivity index (χ0v) is 24.5. The van der Waals surface area contributed by atoms with Crippen molar-refractivity contribution < 1.29 is 38.6 Å². The van der Waals surface area contributed by atoms with Crippen LogP contribution in [0.15, 0.2) is 87.9 Å². The molecule has 14 heteroatoms. The van der Waals surface area contributed by atoms with Crippen molar-refractivity contribution in [3.05, 3.63) is 84.2 Å². The fourth-order valence-electron chi connectivity index (χ4n) is 3.90. The first-order valence-corrected chi connectivity index (χ1v) is 12.2. The molecule has 0 aliphatic carbocycles.